The summed E-state index contributed by atoms with van der Waals surface area (Å²) in [4.78, 5) is 16.1. The monoisotopic (exact) mass is 443 g/mol. The quantitative estimate of drug-likeness (QED) is 0.287. The lowest BCUT2D eigenvalue weighted by Gasteiger charge is -2.04. The van der Waals surface area contributed by atoms with Crippen LogP contribution < -0.4 is 5.43 Å². The second-order valence-corrected chi connectivity index (χ2v) is 7.34. The van der Waals surface area contributed by atoms with E-state index in [9.17, 15) is 4.79 Å². The van der Waals surface area contributed by atoms with Crippen LogP contribution in [-0.2, 0) is 0 Å². The van der Waals surface area contributed by atoms with Gasteiger partial charge in [-0.1, -0.05) is 82.7 Å². The number of aromatic amines is 1. The Morgan fingerprint density at radius 1 is 0.966 bits per heavy atom. The number of hydrogen-bond acceptors (Lipinski definition) is 2. The summed E-state index contributed by atoms with van der Waals surface area (Å²) in [7, 11) is 0. The first-order valence-corrected chi connectivity index (χ1v) is 9.93. The number of carbonyl (C=O) groups excluding carboxylic acids is 1. The van der Waals surface area contributed by atoms with Crippen molar-refractivity contribution in [3.8, 4) is 11.1 Å². The van der Waals surface area contributed by atoms with Crippen molar-refractivity contribution >= 4 is 45.0 Å². The molecular weight excluding hydrogens is 426 g/mol. The molecule has 0 aliphatic heterocycles. The number of allylic oxidation sites excluding steroid dienone is 1. The fraction of sp³-hybridized carbons (Fsp3) is 0. The fourth-order valence-electron chi connectivity index (χ4n) is 3.15. The zero-order valence-electron chi connectivity index (χ0n) is 15.5. The smallest absolute Gasteiger partial charge is 0.288 e. The Morgan fingerprint density at radius 2 is 1.69 bits per heavy atom. The number of H-pyrrole nitrogens is 1. The molecule has 0 bridgehead atoms. The molecule has 0 saturated carbocycles. The maximum atomic E-state index is 12.8. The number of benzene rings is 3. The molecule has 0 spiro atoms. The topological polar surface area (TPSA) is 57.2 Å². The molecular formula is C24H18BrN3O. The number of rotatable bonds is 5. The van der Waals surface area contributed by atoms with Crippen LogP contribution >= 0.6 is 15.9 Å². The summed E-state index contributed by atoms with van der Waals surface area (Å²) >= 11 is 3.52. The lowest BCUT2D eigenvalue weighted by molar-refractivity contribution is 0.0951. The molecule has 1 heterocycles. The van der Waals surface area contributed by atoms with Gasteiger partial charge in [-0.05, 0) is 35.4 Å². The summed E-state index contributed by atoms with van der Waals surface area (Å²) in [6, 6.07) is 25.7. The molecule has 4 rings (SSSR count). The van der Waals surface area contributed by atoms with Gasteiger partial charge in [0.2, 0.25) is 0 Å². The van der Waals surface area contributed by atoms with E-state index in [1.165, 1.54) is 0 Å². The van der Waals surface area contributed by atoms with E-state index in [4.69, 9.17) is 0 Å². The highest BCUT2D eigenvalue weighted by Crippen LogP contribution is 2.34. The molecule has 0 atom stereocenters. The molecule has 2 N–H and O–H groups in total. The number of hydrogen-bond donors (Lipinski definition) is 2. The summed E-state index contributed by atoms with van der Waals surface area (Å²) in [6.07, 6.45) is 5.27. The maximum Gasteiger partial charge on any atom is 0.288 e. The number of nitrogens with zero attached hydrogens (tertiary/aromatic N) is 1. The molecule has 0 aliphatic rings. The highest BCUT2D eigenvalue weighted by atomic mass is 79.9. The van der Waals surface area contributed by atoms with Gasteiger partial charge in [0.1, 0.15) is 5.69 Å². The van der Waals surface area contributed by atoms with Crippen molar-refractivity contribution in [2.45, 2.75) is 0 Å². The van der Waals surface area contributed by atoms with Crippen LogP contribution in [0.25, 0.3) is 28.1 Å². The fourth-order valence-corrected chi connectivity index (χ4v) is 3.51. The van der Waals surface area contributed by atoms with E-state index >= 15 is 0 Å². The Hall–Kier alpha value is -3.44. The number of fused-ring (bicyclic) bond motifs is 1. The van der Waals surface area contributed by atoms with Crippen LogP contribution in [0.2, 0.25) is 0 Å². The molecule has 29 heavy (non-hydrogen) atoms. The third kappa shape index (κ3) is 4.36. The lowest BCUT2D eigenvalue weighted by Crippen LogP contribution is -2.18. The van der Waals surface area contributed by atoms with Gasteiger partial charge >= 0.3 is 0 Å². The van der Waals surface area contributed by atoms with Crippen molar-refractivity contribution < 1.29 is 4.79 Å². The average molecular weight is 444 g/mol. The zero-order valence-corrected chi connectivity index (χ0v) is 17.1. The van der Waals surface area contributed by atoms with Gasteiger partial charge in [-0.15, -0.1) is 0 Å². The van der Waals surface area contributed by atoms with Crippen molar-refractivity contribution in [2.75, 3.05) is 0 Å². The van der Waals surface area contributed by atoms with Gasteiger partial charge in [0.15, 0.2) is 0 Å². The molecule has 0 aliphatic carbocycles. The second kappa shape index (κ2) is 8.71. The molecule has 3 aromatic carbocycles. The number of amides is 1. The molecule has 1 amide bonds. The number of nitrogens with one attached hydrogen (secondary N) is 2. The highest BCUT2D eigenvalue weighted by molar-refractivity contribution is 9.10. The van der Waals surface area contributed by atoms with Gasteiger partial charge < -0.3 is 4.98 Å². The molecule has 0 radical (unpaired) electrons. The normalized spacial score (nSPS) is 11.5. The van der Waals surface area contributed by atoms with Crippen LogP contribution in [0.5, 0.6) is 0 Å². The number of halogens is 1. The SMILES string of the molecule is O=C(NN=CC=Cc1ccccc1)c1[nH]c2ccc(Br)cc2c1-c1ccccc1. The first-order chi connectivity index (χ1) is 14.2. The van der Waals surface area contributed by atoms with E-state index in [0.717, 1.165) is 32.1 Å². The molecule has 1 aromatic heterocycles. The van der Waals surface area contributed by atoms with Crippen LogP contribution in [0.1, 0.15) is 16.1 Å². The number of hydrazone groups is 1. The Bertz CT molecular complexity index is 1200. The predicted octanol–water partition coefficient (Wildman–Crippen LogP) is 6.03. The van der Waals surface area contributed by atoms with Crippen molar-refractivity contribution in [3.05, 3.63) is 101 Å². The van der Waals surface area contributed by atoms with Crippen LogP contribution in [0.3, 0.4) is 0 Å². The molecule has 5 heteroatoms. The van der Waals surface area contributed by atoms with Crippen molar-refractivity contribution in [3.63, 3.8) is 0 Å². The number of aromatic nitrogens is 1. The molecule has 4 nitrogen and oxygen atoms in total. The molecule has 4 aromatic rings. The third-order valence-corrected chi connectivity index (χ3v) is 4.96. The zero-order chi connectivity index (χ0) is 20.1. The van der Waals surface area contributed by atoms with Gasteiger partial charge in [-0.2, -0.15) is 5.10 Å². The van der Waals surface area contributed by atoms with Gasteiger partial charge in [0.05, 0.1) is 0 Å². The van der Waals surface area contributed by atoms with E-state index in [1.54, 1.807) is 12.3 Å². The standard InChI is InChI=1S/C24H18BrN3O/c25-19-13-14-21-20(16-19)22(18-11-5-2-6-12-18)23(27-21)24(29)28-26-15-7-10-17-8-3-1-4-9-17/h1-16,27H,(H,28,29). The van der Waals surface area contributed by atoms with Crippen LogP contribution in [0, 0.1) is 0 Å². The minimum Gasteiger partial charge on any atom is -0.350 e. The minimum absolute atomic E-state index is 0.291. The first-order valence-electron chi connectivity index (χ1n) is 9.14. The Labute approximate surface area is 177 Å². The number of carbonyl (C=O) groups is 1. The van der Waals surface area contributed by atoms with Gasteiger partial charge in [0.25, 0.3) is 5.91 Å². The van der Waals surface area contributed by atoms with E-state index in [0.29, 0.717) is 5.69 Å². The molecule has 0 saturated heterocycles. The van der Waals surface area contributed by atoms with E-state index in [2.05, 4.69) is 31.4 Å². The van der Waals surface area contributed by atoms with Crippen molar-refractivity contribution in [2.24, 2.45) is 5.10 Å². The van der Waals surface area contributed by atoms with Crippen molar-refractivity contribution in [1.29, 1.82) is 0 Å². The summed E-state index contributed by atoms with van der Waals surface area (Å²) in [5, 5.41) is 5.02. The lowest BCUT2D eigenvalue weighted by atomic mass is 10.0. The Kier molecular flexibility index (Phi) is 5.68. The summed E-state index contributed by atoms with van der Waals surface area (Å²) in [6.45, 7) is 0. The van der Waals surface area contributed by atoms with Gasteiger partial charge in [0, 0.05) is 27.2 Å². The van der Waals surface area contributed by atoms with Crippen molar-refractivity contribution in [1.82, 2.24) is 10.4 Å². The largest absolute Gasteiger partial charge is 0.350 e. The predicted molar refractivity (Wildman–Crippen MR) is 123 cm³/mol. The molecule has 0 unspecified atom stereocenters. The summed E-state index contributed by atoms with van der Waals surface area (Å²) < 4.78 is 0.956. The minimum atomic E-state index is -0.291. The van der Waals surface area contributed by atoms with Gasteiger partial charge in [-0.25, -0.2) is 5.43 Å². The summed E-state index contributed by atoms with van der Waals surface area (Å²) in [5.41, 5.74) is 6.87. The maximum absolute atomic E-state index is 12.8. The first kappa shape index (κ1) is 18.9. The van der Waals surface area contributed by atoms with Crippen LogP contribution in [0.4, 0.5) is 0 Å². The Balaban J connectivity index is 1.60. The van der Waals surface area contributed by atoms with Crippen LogP contribution in [-0.4, -0.2) is 17.1 Å². The Morgan fingerprint density at radius 3 is 2.45 bits per heavy atom. The van der Waals surface area contributed by atoms with E-state index in [1.807, 2.05) is 84.9 Å². The highest BCUT2D eigenvalue weighted by Gasteiger charge is 2.19. The molecule has 142 valence electrons. The average Bonchev–Trinajstić information content (AvgIpc) is 3.13. The molecule has 0 fully saturated rings. The second-order valence-electron chi connectivity index (χ2n) is 6.42. The van der Waals surface area contributed by atoms with Gasteiger partial charge in [-0.3, -0.25) is 4.79 Å². The van der Waals surface area contributed by atoms with E-state index in [-0.39, 0.29) is 5.91 Å². The summed E-state index contributed by atoms with van der Waals surface area (Å²) in [5.74, 6) is -0.291. The third-order valence-electron chi connectivity index (χ3n) is 4.47. The van der Waals surface area contributed by atoms with Crippen LogP contribution in [0.15, 0.2) is 94.5 Å². The van der Waals surface area contributed by atoms with E-state index < -0.39 is 0 Å².